The second kappa shape index (κ2) is 10.5. The van der Waals surface area contributed by atoms with Crippen molar-refractivity contribution < 1.29 is 4.74 Å². The van der Waals surface area contributed by atoms with E-state index >= 15 is 0 Å². The van der Waals surface area contributed by atoms with Crippen LogP contribution < -0.4 is 15.4 Å². The summed E-state index contributed by atoms with van der Waals surface area (Å²) in [6.45, 7) is 7.68. The van der Waals surface area contributed by atoms with E-state index in [-0.39, 0.29) is 24.0 Å². The van der Waals surface area contributed by atoms with Gasteiger partial charge in [-0.1, -0.05) is 17.7 Å². The summed E-state index contributed by atoms with van der Waals surface area (Å²) in [6.07, 6.45) is 0.840. The van der Waals surface area contributed by atoms with Crippen LogP contribution in [0.4, 0.5) is 0 Å². The SMILES string of the molecule is CN=C(NCCc1ccc(OC)cc1Cl)NCC1CN2CCN1CC2.I. The van der Waals surface area contributed by atoms with Crippen molar-refractivity contribution in [3.63, 3.8) is 0 Å². The highest BCUT2D eigenvalue weighted by atomic mass is 127. The molecule has 3 aliphatic heterocycles. The molecule has 2 N–H and O–H groups in total. The Bertz CT molecular complexity index is 607. The zero-order valence-corrected chi connectivity index (χ0v) is 18.6. The van der Waals surface area contributed by atoms with Gasteiger partial charge in [-0.3, -0.25) is 14.8 Å². The number of hydrogen-bond acceptors (Lipinski definition) is 4. The number of nitrogens with one attached hydrogen (secondary N) is 2. The molecule has 3 heterocycles. The van der Waals surface area contributed by atoms with E-state index in [0.717, 1.165) is 48.4 Å². The number of aliphatic imine (C=N–C) groups is 1. The summed E-state index contributed by atoms with van der Waals surface area (Å²) in [5.74, 6) is 1.63. The van der Waals surface area contributed by atoms with Crippen molar-refractivity contribution in [2.24, 2.45) is 4.99 Å². The van der Waals surface area contributed by atoms with E-state index in [2.05, 4.69) is 25.4 Å². The lowest BCUT2D eigenvalue weighted by atomic mass is 10.1. The van der Waals surface area contributed by atoms with Crippen molar-refractivity contribution in [1.29, 1.82) is 0 Å². The molecular weight excluding hydrogens is 465 g/mol. The van der Waals surface area contributed by atoms with E-state index in [1.54, 1.807) is 7.11 Å². The molecule has 3 aliphatic rings. The van der Waals surface area contributed by atoms with E-state index in [0.29, 0.717) is 6.04 Å². The van der Waals surface area contributed by atoms with Crippen LogP contribution in [-0.2, 0) is 6.42 Å². The number of rotatable bonds is 6. The molecule has 1 aromatic rings. The van der Waals surface area contributed by atoms with Gasteiger partial charge in [0.2, 0.25) is 0 Å². The van der Waals surface area contributed by atoms with E-state index in [1.807, 2.05) is 25.2 Å². The molecule has 6 nitrogen and oxygen atoms in total. The van der Waals surface area contributed by atoms with Crippen molar-refractivity contribution in [1.82, 2.24) is 20.4 Å². The van der Waals surface area contributed by atoms with Gasteiger partial charge < -0.3 is 15.4 Å². The summed E-state index contributed by atoms with van der Waals surface area (Å²) in [5, 5.41) is 7.57. The number of piperazine rings is 3. The molecule has 26 heavy (non-hydrogen) atoms. The fraction of sp³-hybridized carbons (Fsp3) is 0.611. The van der Waals surface area contributed by atoms with Gasteiger partial charge >= 0.3 is 0 Å². The van der Waals surface area contributed by atoms with Gasteiger partial charge in [0, 0.05) is 63.9 Å². The zero-order valence-electron chi connectivity index (χ0n) is 15.5. The molecule has 1 unspecified atom stereocenters. The van der Waals surface area contributed by atoms with Crippen LogP contribution in [0.5, 0.6) is 5.75 Å². The molecule has 2 bridgehead atoms. The van der Waals surface area contributed by atoms with Crippen molar-refractivity contribution >= 4 is 41.5 Å². The average molecular weight is 494 g/mol. The summed E-state index contributed by atoms with van der Waals surface area (Å²) in [4.78, 5) is 9.46. The number of ether oxygens (including phenoxy) is 1. The maximum absolute atomic E-state index is 6.29. The summed E-state index contributed by atoms with van der Waals surface area (Å²) < 4.78 is 5.18. The standard InChI is InChI=1S/C18H28ClN5O.HI/c1-20-18(22-12-15-13-23-7-9-24(15)10-8-23)21-6-5-14-3-4-16(25-2)11-17(14)19;/h3-4,11,15H,5-10,12-13H2,1-2H3,(H2,20,21,22);1H. The summed E-state index contributed by atoms with van der Waals surface area (Å²) in [7, 11) is 3.46. The van der Waals surface area contributed by atoms with Crippen LogP contribution in [-0.4, -0.2) is 81.8 Å². The van der Waals surface area contributed by atoms with Crippen LogP contribution in [0.1, 0.15) is 5.56 Å². The molecule has 0 radical (unpaired) electrons. The zero-order chi connectivity index (χ0) is 17.6. The molecule has 3 saturated heterocycles. The Hall–Kier alpha value is -0.770. The number of benzene rings is 1. The molecule has 8 heteroatoms. The highest BCUT2D eigenvalue weighted by molar-refractivity contribution is 14.0. The Balaban J connectivity index is 0.00000243. The average Bonchev–Trinajstić information content (AvgIpc) is 2.66. The van der Waals surface area contributed by atoms with Gasteiger partial charge in [-0.15, -0.1) is 24.0 Å². The molecular formula is C18H29ClIN5O. The maximum Gasteiger partial charge on any atom is 0.191 e. The fourth-order valence-electron chi connectivity index (χ4n) is 3.53. The van der Waals surface area contributed by atoms with Gasteiger partial charge in [0.05, 0.1) is 7.11 Å². The Kier molecular flexibility index (Phi) is 8.72. The second-order valence-electron chi connectivity index (χ2n) is 6.58. The highest BCUT2D eigenvalue weighted by Gasteiger charge is 2.31. The van der Waals surface area contributed by atoms with E-state index < -0.39 is 0 Å². The lowest BCUT2D eigenvalue weighted by Gasteiger charge is -2.47. The third-order valence-corrected chi connectivity index (χ3v) is 5.42. The Labute approximate surface area is 178 Å². The Morgan fingerprint density at radius 3 is 2.62 bits per heavy atom. The molecule has 0 saturated carbocycles. The fourth-order valence-corrected chi connectivity index (χ4v) is 3.79. The van der Waals surface area contributed by atoms with E-state index in [4.69, 9.17) is 16.3 Å². The first-order valence-corrected chi connectivity index (χ1v) is 9.30. The predicted molar refractivity (Wildman–Crippen MR) is 118 cm³/mol. The minimum atomic E-state index is 0. The minimum Gasteiger partial charge on any atom is -0.497 e. The molecule has 146 valence electrons. The monoisotopic (exact) mass is 493 g/mol. The maximum atomic E-state index is 6.29. The molecule has 0 amide bonds. The molecule has 0 spiro atoms. The normalized spacial score (nSPS) is 24.7. The first-order valence-electron chi connectivity index (χ1n) is 8.93. The van der Waals surface area contributed by atoms with Crippen molar-refractivity contribution in [2.45, 2.75) is 12.5 Å². The number of hydrogen-bond donors (Lipinski definition) is 2. The van der Waals surface area contributed by atoms with Crippen molar-refractivity contribution in [2.75, 3.05) is 60.0 Å². The van der Waals surface area contributed by atoms with Crippen LogP contribution in [0.2, 0.25) is 5.02 Å². The highest BCUT2D eigenvalue weighted by Crippen LogP contribution is 2.22. The smallest absolute Gasteiger partial charge is 0.191 e. The van der Waals surface area contributed by atoms with E-state index in [1.165, 1.54) is 26.2 Å². The topological polar surface area (TPSA) is 52.1 Å². The minimum absolute atomic E-state index is 0. The van der Waals surface area contributed by atoms with Gasteiger partial charge in [-0.25, -0.2) is 0 Å². The van der Waals surface area contributed by atoms with Gasteiger partial charge in [-0.2, -0.15) is 0 Å². The third kappa shape index (κ3) is 5.61. The van der Waals surface area contributed by atoms with Crippen LogP contribution in [0, 0.1) is 0 Å². The summed E-state index contributed by atoms with van der Waals surface area (Å²) in [5.41, 5.74) is 1.11. The van der Waals surface area contributed by atoms with Crippen molar-refractivity contribution in [3.8, 4) is 5.75 Å². The van der Waals surface area contributed by atoms with Crippen LogP contribution in [0.25, 0.3) is 0 Å². The molecule has 0 aliphatic carbocycles. The number of fused-ring (bicyclic) bond motifs is 3. The van der Waals surface area contributed by atoms with Crippen LogP contribution in [0.3, 0.4) is 0 Å². The predicted octanol–water partition coefficient (Wildman–Crippen LogP) is 1.67. The lowest BCUT2D eigenvalue weighted by Crippen LogP contribution is -2.63. The molecule has 1 atom stereocenters. The van der Waals surface area contributed by atoms with Gasteiger partial charge in [0.25, 0.3) is 0 Å². The number of halogens is 2. The molecule has 4 rings (SSSR count). The number of guanidine groups is 1. The number of nitrogens with zero attached hydrogens (tertiary/aromatic N) is 3. The van der Waals surface area contributed by atoms with Gasteiger partial charge in [-0.05, 0) is 24.1 Å². The van der Waals surface area contributed by atoms with Crippen LogP contribution >= 0.6 is 35.6 Å². The lowest BCUT2D eigenvalue weighted by molar-refractivity contribution is 0.0154. The second-order valence-corrected chi connectivity index (χ2v) is 6.98. The first kappa shape index (κ1) is 21.5. The summed E-state index contributed by atoms with van der Waals surface area (Å²) >= 11 is 6.29. The van der Waals surface area contributed by atoms with Gasteiger partial charge in [0.15, 0.2) is 5.96 Å². The quantitative estimate of drug-likeness (QED) is 0.359. The van der Waals surface area contributed by atoms with Crippen LogP contribution in [0.15, 0.2) is 23.2 Å². The Morgan fingerprint density at radius 2 is 2.04 bits per heavy atom. The summed E-state index contributed by atoms with van der Waals surface area (Å²) in [6, 6.07) is 6.39. The van der Waals surface area contributed by atoms with Crippen molar-refractivity contribution in [3.05, 3.63) is 28.8 Å². The largest absolute Gasteiger partial charge is 0.497 e. The third-order valence-electron chi connectivity index (χ3n) is 5.07. The first-order chi connectivity index (χ1) is 12.2. The molecule has 3 fully saturated rings. The molecule has 1 aromatic carbocycles. The Morgan fingerprint density at radius 1 is 1.27 bits per heavy atom. The van der Waals surface area contributed by atoms with Gasteiger partial charge in [0.1, 0.15) is 5.75 Å². The number of methoxy groups -OCH3 is 1. The van der Waals surface area contributed by atoms with E-state index in [9.17, 15) is 0 Å². The molecule has 0 aromatic heterocycles.